The van der Waals surface area contributed by atoms with Crippen LogP contribution < -0.4 is 10.6 Å². The smallest absolute Gasteiger partial charge is 0.319 e. The molecule has 1 unspecified atom stereocenters. The van der Waals surface area contributed by atoms with Gasteiger partial charge in [-0.05, 0) is 39.0 Å². The first-order chi connectivity index (χ1) is 10.1. The third kappa shape index (κ3) is 4.27. The molecule has 7 heteroatoms. The number of amides is 3. The Kier molecular flexibility index (Phi) is 4.87. The van der Waals surface area contributed by atoms with Gasteiger partial charge in [0.05, 0.1) is 6.04 Å². The fourth-order valence-corrected chi connectivity index (χ4v) is 2.96. The van der Waals surface area contributed by atoms with Gasteiger partial charge in [-0.15, -0.1) is 0 Å². The van der Waals surface area contributed by atoms with E-state index in [2.05, 4.69) is 10.6 Å². The summed E-state index contributed by atoms with van der Waals surface area (Å²) < 4.78 is 0. The van der Waals surface area contributed by atoms with E-state index in [0.29, 0.717) is 28.7 Å². The van der Waals surface area contributed by atoms with Crippen LogP contribution in [0.4, 0.5) is 10.5 Å². The number of hydrogen-bond acceptors (Lipinski definition) is 2. The largest absolute Gasteiger partial charge is 0.336 e. The Morgan fingerprint density at radius 2 is 1.82 bits per heavy atom. The van der Waals surface area contributed by atoms with Gasteiger partial charge in [0, 0.05) is 34.2 Å². The number of hydrogen-bond donors (Lipinski definition) is 2. The topological polar surface area (TPSA) is 61.4 Å². The second-order valence-corrected chi connectivity index (χ2v) is 7.21. The highest BCUT2D eigenvalue weighted by Gasteiger charge is 2.36. The van der Waals surface area contributed by atoms with E-state index in [1.54, 1.807) is 23.1 Å². The minimum Gasteiger partial charge on any atom is -0.336 e. The first kappa shape index (κ1) is 16.9. The third-order valence-corrected chi connectivity index (χ3v) is 3.83. The van der Waals surface area contributed by atoms with Crippen molar-refractivity contribution in [3.05, 3.63) is 28.2 Å². The molecule has 1 aromatic rings. The molecule has 3 amide bonds. The van der Waals surface area contributed by atoms with Gasteiger partial charge in [0.1, 0.15) is 0 Å². The average molecular weight is 344 g/mol. The highest BCUT2D eigenvalue weighted by Crippen LogP contribution is 2.23. The van der Waals surface area contributed by atoms with Crippen LogP contribution in [0.15, 0.2) is 18.2 Å². The third-order valence-electron chi connectivity index (χ3n) is 3.39. The Morgan fingerprint density at radius 3 is 2.32 bits per heavy atom. The number of carbonyl (C=O) groups is 2. The first-order valence-corrected chi connectivity index (χ1v) is 7.75. The number of nitrogens with one attached hydrogen (secondary N) is 2. The van der Waals surface area contributed by atoms with Crippen LogP contribution >= 0.6 is 23.2 Å². The minimum atomic E-state index is -0.383. The number of anilines is 1. The van der Waals surface area contributed by atoms with Gasteiger partial charge in [0.25, 0.3) is 0 Å². The van der Waals surface area contributed by atoms with E-state index >= 15 is 0 Å². The summed E-state index contributed by atoms with van der Waals surface area (Å²) in [5.41, 5.74) is 0.261. The standard InChI is InChI=1S/C15H19Cl2N3O2/c1-15(2,3)20-8-12(7-13(20)21)19-14(22)18-11-5-9(16)4-10(17)6-11/h4-6,12H,7-8H2,1-3H3,(H2,18,19,22). The molecule has 0 bridgehead atoms. The Balaban J connectivity index is 1.94. The zero-order valence-corrected chi connectivity index (χ0v) is 14.3. The van der Waals surface area contributed by atoms with Gasteiger partial charge in [0.15, 0.2) is 0 Å². The second-order valence-electron chi connectivity index (χ2n) is 6.33. The number of halogens is 2. The Hall–Kier alpha value is -1.46. The number of carbonyl (C=O) groups excluding carboxylic acids is 2. The molecule has 1 heterocycles. The van der Waals surface area contributed by atoms with Crippen molar-refractivity contribution < 1.29 is 9.59 Å². The van der Waals surface area contributed by atoms with Crippen molar-refractivity contribution in [1.29, 1.82) is 0 Å². The molecule has 120 valence electrons. The van der Waals surface area contributed by atoms with Crippen LogP contribution in [0.2, 0.25) is 10.0 Å². The number of urea groups is 1. The molecule has 22 heavy (non-hydrogen) atoms. The molecule has 1 aromatic carbocycles. The highest BCUT2D eigenvalue weighted by atomic mass is 35.5. The van der Waals surface area contributed by atoms with Crippen molar-refractivity contribution in [2.24, 2.45) is 0 Å². The lowest BCUT2D eigenvalue weighted by Crippen LogP contribution is -2.45. The van der Waals surface area contributed by atoms with E-state index in [-0.39, 0.29) is 23.5 Å². The maximum absolute atomic E-state index is 12.0. The molecule has 0 aromatic heterocycles. The lowest BCUT2D eigenvalue weighted by molar-refractivity contribution is -0.131. The molecule has 5 nitrogen and oxygen atoms in total. The van der Waals surface area contributed by atoms with E-state index in [1.165, 1.54) is 0 Å². The molecule has 0 aliphatic carbocycles. The maximum Gasteiger partial charge on any atom is 0.319 e. The summed E-state index contributed by atoms with van der Waals surface area (Å²) in [6.07, 6.45) is 0.307. The van der Waals surface area contributed by atoms with Crippen LogP contribution in [-0.4, -0.2) is 35.0 Å². The molecule has 0 spiro atoms. The SMILES string of the molecule is CC(C)(C)N1CC(NC(=O)Nc2cc(Cl)cc(Cl)c2)CC1=O. The molecule has 1 saturated heterocycles. The summed E-state index contributed by atoms with van der Waals surface area (Å²) >= 11 is 11.8. The number of benzene rings is 1. The molecular formula is C15H19Cl2N3O2. The molecule has 0 radical (unpaired) electrons. The molecule has 2 rings (SSSR count). The first-order valence-electron chi connectivity index (χ1n) is 6.99. The fourth-order valence-electron chi connectivity index (χ4n) is 2.43. The maximum atomic E-state index is 12.0. The predicted octanol–water partition coefficient (Wildman–Crippen LogP) is 3.51. The summed E-state index contributed by atoms with van der Waals surface area (Å²) in [5, 5.41) is 6.35. The fraction of sp³-hybridized carbons (Fsp3) is 0.467. The Bertz CT molecular complexity index is 579. The normalized spacial score (nSPS) is 18.5. The van der Waals surface area contributed by atoms with Crippen molar-refractivity contribution in [3.63, 3.8) is 0 Å². The van der Waals surface area contributed by atoms with Crippen molar-refractivity contribution in [3.8, 4) is 0 Å². The van der Waals surface area contributed by atoms with Crippen molar-refractivity contribution >= 4 is 40.8 Å². The van der Waals surface area contributed by atoms with Gasteiger partial charge in [-0.2, -0.15) is 0 Å². The van der Waals surface area contributed by atoms with Crippen LogP contribution in [0.25, 0.3) is 0 Å². The molecule has 2 N–H and O–H groups in total. The monoisotopic (exact) mass is 343 g/mol. The van der Waals surface area contributed by atoms with Crippen molar-refractivity contribution in [2.45, 2.75) is 38.8 Å². The van der Waals surface area contributed by atoms with Crippen LogP contribution in [-0.2, 0) is 4.79 Å². The number of rotatable bonds is 2. The van der Waals surface area contributed by atoms with Gasteiger partial charge < -0.3 is 15.5 Å². The molecule has 1 aliphatic heterocycles. The van der Waals surface area contributed by atoms with Crippen LogP contribution in [0.3, 0.4) is 0 Å². The lowest BCUT2D eigenvalue weighted by atomic mass is 10.1. The zero-order valence-electron chi connectivity index (χ0n) is 12.7. The Labute approximate surface area is 139 Å². The van der Waals surface area contributed by atoms with Crippen molar-refractivity contribution in [2.75, 3.05) is 11.9 Å². The van der Waals surface area contributed by atoms with Crippen LogP contribution in [0.5, 0.6) is 0 Å². The van der Waals surface area contributed by atoms with Crippen molar-refractivity contribution in [1.82, 2.24) is 10.2 Å². The molecule has 1 fully saturated rings. The quantitative estimate of drug-likeness (QED) is 0.862. The van der Waals surface area contributed by atoms with Crippen LogP contribution in [0.1, 0.15) is 27.2 Å². The van der Waals surface area contributed by atoms with E-state index in [1.807, 2.05) is 20.8 Å². The van der Waals surface area contributed by atoms with E-state index in [9.17, 15) is 9.59 Å². The van der Waals surface area contributed by atoms with E-state index in [4.69, 9.17) is 23.2 Å². The number of nitrogens with zero attached hydrogens (tertiary/aromatic N) is 1. The van der Waals surface area contributed by atoms with Gasteiger partial charge in [-0.3, -0.25) is 4.79 Å². The molecule has 0 saturated carbocycles. The molecule has 1 atom stereocenters. The predicted molar refractivity (Wildman–Crippen MR) is 88.5 cm³/mol. The van der Waals surface area contributed by atoms with E-state index < -0.39 is 0 Å². The second kappa shape index (κ2) is 6.34. The highest BCUT2D eigenvalue weighted by molar-refractivity contribution is 6.35. The summed E-state index contributed by atoms with van der Waals surface area (Å²) in [5.74, 6) is 0.0450. The van der Waals surface area contributed by atoms with Gasteiger partial charge in [-0.1, -0.05) is 23.2 Å². The zero-order chi connectivity index (χ0) is 16.5. The molecular weight excluding hydrogens is 325 g/mol. The van der Waals surface area contributed by atoms with E-state index in [0.717, 1.165) is 0 Å². The number of likely N-dealkylation sites (tertiary alicyclic amines) is 1. The minimum absolute atomic E-state index is 0.0450. The van der Waals surface area contributed by atoms with Gasteiger partial charge in [-0.25, -0.2) is 4.79 Å². The van der Waals surface area contributed by atoms with Gasteiger partial charge >= 0.3 is 6.03 Å². The summed E-state index contributed by atoms with van der Waals surface area (Å²) in [7, 11) is 0. The molecule has 1 aliphatic rings. The van der Waals surface area contributed by atoms with Crippen LogP contribution in [0, 0.1) is 0 Å². The summed E-state index contributed by atoms with van der Waals surface area (Å²) in [4.78, 5) is 25.8. The van der Waals surface area contributed by atoms with Gasteiger partial charge in [0.2, 0.25) is 5.91 Å². The summed E-state index contributed by atoms with van der Waals surface area (Å²) in [6.45, 7) is 6.43. The lowest BCUT2D eigenvalue weighted by Gasteiger charge is -2.32. The Morgan fingerprint density at radius 1 is 1.23 bits per heavy atom. The summed E-state index contributed by atoms with van der Waals surface area (Å²) in [6, 6.07) is 4.21. The average Bonchev–Trinajstić information content (AvgIpc) is 2.67.